The Hall–Kier alpha value is -2.28. The van der Waals surface area contributed by atoms with Crippen molar-refractivity contribution in [3.05, 3.63) is 48.3 Å². The van der Waals surface area contributed by atoms with Crippen molar-refractivity contribution in [1.29, 1.82) is 0 Å². The number of rotatable bonds is 2. The van der Waals surface area contributed by atoms with E-state index >= 15 is 0 Å². The van der Waals surface area contributed by atoms with Crippen LogP contribution in [0.4, 0.5) is 13.2 Å². The van der Waals surface area contributed by atoms with Gasteiger partial charge in [0.2, 0.25) is 0 Å². The molecule has 0 spiro atoms. The van der Waals surface area contributed by atoms with E-state index in [1.165, 1.54) is 0 Å². The lowest BCUT2D eigenvalue weighted by Crippen LogP contribution is -2.45. The molecule has 1 N–H and O–H groups in total. The molecule has 0 aliphatic carbocycles. The Bertz CT molecular complexity index is 719. The first-order valence-electron chi connectivity index (χ1n) is 6.55. The maximum absolute atomic E-state index is 12.7. The maximum atomic E-state index is 12.7. The van der Waals surface area contributed by atoms with Crippen LogP contribution in [0.1, 0.15) is 12.0 Å². The SMILES string of the molecule is Cn1ccc(-c2ccc(C3=NOC(O)(C(F)(F)F)C3)cc2)c1. The Labute approximate surface area is 124 Å². The van der Waals surface area contributed by atoms with Gasteiger partial charge < -0.3 is 14.5 Å². The molecule has 0 saturated heterocycles. The Morgan fingerprint density at radius 3 is 2.27 bits per heavy atom. The van der Waals surface area contributed by atoms with E-state index in [0.717, 1.165) is 11.1 Å². The van der Waals surface area contributed by atoms with Crippen LogP contribution in [-0.2, 0) is 11.9 Å². The van der Waals surface area contributed by atoms with Crippen molar-refractivity contribution in [2.45, 2.75) is 18.4 Å². The Balaban J connectivity index is 1.80. The molecule has 0 radical (unpaired) electrons. The summed E-state index contributed by atoms with van der Waals surface area (Å²) in [5, 5.41) is 12.8. The van der Waals surface area contributed by atoms with Crippen molar-refractivity contribution in [3.63, 3.8) is 0 Å². The summed E-state index contributed by atoms with van der Waals surface area (Å²) >= 11 is 0. The van der Waals surface area contributed by atoms with Gasteiger partial charge in [-0.05, 0) is 22.8 Å². The zero-order valence-corrected chi connectivity index (χ0v) is 11.6. The molecule has 0 amide bonds. The highest BCUT2D eigenvalue weighted by atomic mass is 19.4. The first-order valence-corrected chi connectivity index (χ1v) is 6.55. The van der Waals surface area contributed by atoms with Crippen LogP contribution < -0.4 is 0 Å². The van der Waals surface area contributed by atoms with Crippen LogP contribution in [0, 0.1) is 0 Å². The van der Waals surface area contributed by atoms with Crippen LogP contribution in [0.3, 0.4) is 0 Å². The van der Waals surface area contributed by atoms with Gasteiger partial charge >= 0.3 is 12.0 Å². The number of halogens is 3. The molecule has 1 aliphatic rings. The molecule has 1 aromatic carbocycles. The summed E-state index contributed by atoms with van der Waals surface area (Å²) in [5.41, 5.74) is 2.50. The minimum atomic E-state index is -4.89. The van der Waals surface area contributed by atoms with E-state index in [4.69, 9.17) is 0 Å². The molecule has 1 aliphatic heterocycles. The summed E-state index contributed by atoms with van der Waals surface area (Å²) in [5.74, 6) is -3.24. The fourth-order valence-electron chi connectivity index (χ4n) is 2.26. The van der Waals surface area contributed by atoms with E-state index in [0.29, 0.717) is 5.56 Å². The first-order chi connectivity index (χ1) is 10.3. The third kappa shape index (κ3) is 2.48. The number of alkyl halides is 3. The number of oxime groups is 1. The van der Waals surface area contributed by atoms with Crippen LogP contribution in [0.2, 0.25) is 0 Å². The molecule has 1 atom stereocenters. The van der Waals surface area contributed by atoms with Crippen molar-refractivity contribution in [3.8, 4) is 11.1 Å². The predicted octanol–water partition coefficient (Wildman–Crippen LogP) is 3.07. The summed E-state index contributed by atoms with van der Waals surface area (Å²) in [6.45, 7) is 0. The lowest BCUT2D eigenvalue weighted by molar-refractivity contribution is -0.355. The molecule has 4 nitrogen and oxygen atoms in total. The highest BCUT2D eigenvalue weighted by Crippen LogP contribution is 2.39. The smallest absolute Gasteiger partial charge is 0.357 e. The minimum Gasteiger partial charge on any atom is -0.357 e. The Morgan fingerprint density at radius 1 is 1.14 bits per heavy atom. The Kier molecular flexibility index (Phi) is 3.25. The summed E-state index contributed by atoms with van der Waals surface area (Å²) in [7, 11) is 1.90. The second-order valence-corrected chi connectivity index (χ2v) is 5.23. The van der Waals surface area contributed by atoms with E-state index in [-0.39, 0.29) is 5.71 Å². The van der Waals surface area contributed by atoms with Gasteiger partial charge in [-0.1, -0.05) is 29.4 Å². The number of aryl methyl sites for hydroxylation is 1. The van der Waals surface area contributed by atoms with E-state index < -0.39 is 18.4 Å². The molecule has 2 heterocycles. The van der Waals surface area contributed by atoms with Crippen molar-refractivity contribution >= 4 is 5.71 Å². The fourth-order valence-corrected chi connectivity index (χ4v) is 2.26. The summed E-state index contributed by atoms with van der Waals surface area (Å²) < 4.78 is 39.9. The number of nitrogens with zero attached hydrogens (tertiary/aromatic N) is 2. The maximum Gasteiger partial charge on any atom is 0.458 e. The van der Waals surface area contributed by atoms with Crippen LogP contribution in [0.25, 0.3) is 11.1 Å². The average Bonchev–Trinajstić information content (AvgIpc) is 3.06. The van der Waals surface area contributed by atoms with Crippen LogP contribution in [0.15, 0.2) is 47.9 Å². The molecule has 22 heavy (non-hydrogen) atoms. The second kappa shape index (κ2) is 4.88. The number of aromatic nitrogens is 1. The van der Waals surface area contributed by atoms with Crippen molar-refractivity contribution in [2.24, 2.45) is 12.2 Å². The van der Waals surface area contributed by atoms with E-state index in [2.05, 4.69) is 9.99 Å². The van der Waals surface area contributed by atoms with Gasteiger partial charge in [0.1, 0.15) is 0 Å². The number of hydrogen-bond acceptors (Lipinski definition) is 3. The fraction of sp³-hybridized carbons (Fsp3) is 0.267. The highest BCUT2D eigenvalue weighted by Gasteiger charge is 2.60. The van der Waals surface area contributed by atoms with E-state index in [1.807, 2.05) is 30.1 Å². The second-order valence-electron chi connectivity index (χ2n) is 5.23. The van der Waals surface area contributed by atoms with Crippen LogP contribution in [-0.4, -0.2) is 27.3 Å². The van der Waals surface area contributed by atoms with Gasteiger partial charge in [0.25, 0.3) is 0 Å². The monoisotopic (exact) mass is 310 g/mol. The van der Waals surface area contributed by atoms with Gasteiger partial charge in [0, 0.05) is 19.4 Å². The molecule has 1 aromatic heterocycles. The van der Waals surface area contributed by atoms with E-state index in [1.54, 1.807) is 24.3 Å². The summed E-state index contributed by atoms with van der Waals surface area (Å²) in [4.78, 5) is 4.21. The normalized spacial score (nSPS) is 21.6. The van der Waals surface area contributed by atoms with Crippen LogP contribution in [0.5, 0.6) is 0 Å². The Morgan fingerprint density at radius 2 is 1.77 bits per heavy atom. The predicted molar refractivity (Wildman–Crippen MR) is 74.1 cm³/mol. The standard InChI is InChI=1S/C15H13F3N2O2/c1-20-7-6-12(9-20)10-2-4-11(5-3-10)13-8-14(21,22-19-13)15(16,17)18/h2-7,9,21H,8H2,1H3. The summed E-state index contributed by atoms with van der Waals surface area (Å²) in [6, 6.07) is 8.84. The van der Waals surface area contributed by atoms with Gasteiger partial charge in [0.05, 0.1) is 12.1 Å². The molecule has 0 bridgehead atoms. The third-order valence-corrected chi connectivity index (χ3v) is 3.54. The zero-order chi connectivity index (χ0) is 16.0. The largest absolute Gasteiger partial charge is 0.458 e. The lowest BCUT2D eigenvalue weighted by atomic mass is 10.00. The first kappa shape index (κ1) is 14.6. The molecule has 1 unspecified atom stereocenters. The van der Waals surface area contributed by atoms with Gasteiger partial charge in [-0.2, -0.15) is 13.2 Å². The van der Waals surface area contributed by atoms with Gasteiger partial charge in [0.15, 0.2) is 0 Å². The molecular weight excluding hydrogens is 297 g/mol. The average molecular weight is 310 g/mol. The lowest BCUT2D eigenvalue weighted by Gasteiger charge is -2.22. The molecule has 0 fully saturated rings. The quantitative estimate of drug-likeness (QED) is 0.926. The van der Waals surface area contributed by atoms with Gasteiger partial charge in [-0.15, -0.1) is 0 Å². The molecular formula is C15H13F3N2O2. The third-order valence-electron chi connectivity index (χ3n) is 3.54. The van der Waals surface area contributed by atoms with Crippen molar-refractivity contribution in [2.75, 3.05) is 0 Å². The van der Waals surface area contributed by atoms with Gasteiger partial charge in [-0.3, -0.25) is 0 Å². The minimum absolute atomic E-state index is 0.0689. The van der Waals surface area contributed by atoms with E-state index in [9.17, 15) is 18.3 Å². The van der Waals surface area contributed by atoms with Crippen molar-refractivity contribution < 1.29 is 23.1 Å². The molecule has 7 heteroatoms. The van der Waals surface area contributed by atoms with Crippen molar-refractivity contribution in [1.82, 2.24) is 4.57 Å². The highest BCUT2D eigenvalue weighted by molar-refractivity contribution is 6.01. The zero-order valence-electron chi connectivity index (χ0n) is 11.6. The molecule has 116 valence electrons. The summed E-state index contributed by atoms with van der Waals surface area (Å²) in [6.07, 6.45) is -1.77. The van der Waals surface area contributed by atoms with Crippen LogP contribution >= 0.6 is 0 Å². The van der Waals surface area contributed by atoms with Gasteiger partial charge in [-0.25, -0.2) is 0 Å². The molecule has 2 aromatic rings. The molecule has 3 rings (SSSR count). The molecule has 0 saturated carbocycles. The number of hydrogen-bond donors (Lipinski definition) is 1. The number of benzene rings is 1. The topological polar surface area (TPSA) is 46.8 Å². The number of aliphatic hydroxyl groups is 1.